The van der Waals surface area contributed by atoms with Crippen molar-refractivity contribution in [3.05, 3.63) is 83.2 Å². The number of hydrogen-bond acceptors (Lipinski definition) is 4. The van der Waals surface area contributed by atoms with E-state index in [1.165, 1.54) is 0 Å². The number of aromatic nitrogens is 1. The standard InChI is InChI=1S/C26H24N2O3/c1-16(29)20-14-27(2)15-21-19(20)12-23(30)25-24(26(21)31)18-10-6-7-11-22(18)28(25)13-17-8-4-3-5-9-17/h3-11,15,19-20H,12-14H2,1-2H3/t19-,20+/m0/s1. The second-order valence-electron chi connectivity index (χ2n) is 8.62. The van der Waals surface area contributed by atoms with Crippen molar-refractivity contribution >= 4 is 28.3 Å². The number of carbonyl (C=O) groups excluding carboxylic acids is 3. The van der Waals surface area contributed by atoms with Crippen molar-refractivity contribution in [2.75, 3.05) is 13.6 Å². The largest absolute Gasteiger partial charge is 0.379 e. The molecular weight excluding hydrogens is 388 g/mol. The highest BCUT2D eigenvalue weighted by Crippen LogP contribution is 2.40. The molecule has 3 aromatic rings. The second kappa shape index (κ2) is 7.34. The van der Waals surface area contributed by atoms with Crippen molar-refractivity contribution in [1.82, 2.24) is 9.47 Å². The molecule has 0 fully saturated rings. The van der Waals surface area contributed by atoms with E-state index in [0.717, 1.165) is 16.5 Å². The Morgan fingerprint density at radius 1 is 1.03 bits per heavy atom. The van der Waals surface area contributed by atoms with Gasteiger partial charge < -0.3 is 9.47 Å². The molecule has 156 valence electrons. The molecule has 1 aromatic heterocycles. The SMILES string of the molecule is CC(=O)[C@H]1CN(C)C=C2C(=O)c3c(n(Cc4ccccc4)c4ccccc34)C(=O)C[C@H]21. The molecular formula is C26H24N2O3. The molecule has 0 saturated heterocycles. The van der Waals surface area contributed by atoms with Crippen LogP contribution in [0, 0.1) is 11.8 Å². The third-order valence-corrected chi connectivity index (χ3v) is 6.56. The van der Waals surface area contributed by atoms with Gasteiger partial charge in [-0.05, 0) is 18.6 Å². The second-order valence-corrected chi connectivity index (χ2v) is 8.62. The summed E-state index contributed by atoms with van der Waals surface area (Å²) in [5, 5.41) is 0.793. The van der Waals surface area contributed by atoms with Crippen molar-refractivity contribution in [3.8, 4) is 0 Å². The van der Waals surface area contributed by atoms with E-state index in [1.54, 1.807) is 6.92 Å². The Labute approximate surface area is 181 Å². The number of carbonyl (C=O) groups is 3. The monoisotopic (exact) mass is 412 g/mol. The number of para-hydroxylation sites is 1. The molecule has 1 aliphatic heterocycles. The maximum absolute atomic E-state index is 13.8. The van der Waals surface area contributed by atoms with Gasteiger partial charge in [-0.1, -0.05) is 48.5 Å². The van der Waals surface area contributed by atoms with E-state index in [-0.39, 0.29) is 35.6 Å². The third-order valence-electron chi connectivity index (χ3n) is 6.56. The number of benzene rings is 2. The quantitative estimate of drug-likeness (QED) is 0.650. The molecule has 0 N–H and O–H groups in total. The minimum atomic E-state index is -0.370. The van der Waals surface area contributed by atoms with Crippen molar-refractivity contribution < 1.29 is 14.4 Å². The summed E-state index contributed by atoms with van der Waals surface area (Å²) in [4.78, 5) is 41.7. The van der Waals surface area contributed by atoms with Gasteiger partial charge in [0.1, 0.15) is 5.78 Å². The Morgan fingerprint density at radius 3 is 2.48 bits per heavy atom. The van der Waals surface area contributed by atoms with Crippen molar-refractivity contribution in [1.29, 1.82) is 0 Å². The number of fused-ring (bicyclic) bond motifs is 4. The van der Waals surface area contributed by atoms with E-state index in [1.807, 2.05) is 77.3 Å². The van der Waals surface area contributed by atoms with Crippen LogP contribution in [0.2, 0.25) is 0 Å². The van der Waals surface area contributed by atoms with Gasteiger partial charge in [-0.15, -0.1) is 0 Å². The van der Waals surface area contributed by atoms with Crippen molar-refractivity contribution in [2.45, 2.75) is 19.9 Å². The van der Waals surface area contributed by atoms with Crippen LogP contribution in [-0.4, -0.2) is 40.4 Å². The summed E-state index contributed by atoms with van der Waals surface area (Å²) in [6, 6.07) is 17.7. The highest BCUT2D eigenvalue weighted by molar-refractivity contribution is 6.24. The average Bonchev–Trinajstić information content (AvgIpc) is 3.03. The summed E-state index contributed by atoms with van der Waals surface area (Å²) in [7, 11) is 1.87. The van der Waals surface area contributed by atoms with E-state index in [2.05, 4.69) is 0 Å². The molecule has 0 amide bonds. The van der Waals surface area contributed by atoms with E-state index < -0.39 is 0 Å². The smallest absolute Gasteiger partial charge is 0.193 e. The zero-order valence-corrected chi connectivity index (χ0v) is 17.7. The first-order valence-electron chi connectivity index (χ1n) is 10.6. The van der Waals surface area contributed by atoms with Crippen LogP contribution in [0.3, 0.4) is 0 Å². The first-order valence-corrected chi connectivity index (χ1v) is 10.6. The minimum absolute atomic E-state index is 0.0200. The molecule has 2 aromatic carbocycles. The summed E-state index contributed by atoms with van der Waals surface area (Å²) in [6.07, 6.45) is 2.01. The molecule has 0 spiro atoms. The van der Waals surface area contributed by atoms with E-state index in [0.29, 0.717) is 29.9 Å². The molecule has 2 heterocycles. The van der Waals surface area contributed by atoms with E-state index in [9.17, 15) is 14.4 Å². The van der Waals surface area contributed by atoms with Gasteiger partial charge >= 0.3 is 0 Å². The molecule has 0 unspecified atom stereocenters. The van der Waals surface area contributed by atoms with Gasteiger partial charge in [0.15, 0.2) is 11.6 Å². The minimum Gasteiger partial charge on any atom is -0.379 e. The normalized spacial score (nSPS) is 20.8. The van der Waals surface area contributed by atoms with Crippen LogP contribution >= 0.6 is 0 Å². The Balaban J connectivity index is 1.74. The van der Waals surface area contributed by atoms with Gasteiger partial charge in [-0.2, -0.15) is 0 Å². The van der Waals surface area contributed by atoms with Crippen LogP contribution in [0.1, 0.15) is 39.8 Å². The van der Waals surface area contributed by atoms with Crippen LogP contribution in [0.4, 0.5) is 0 Å². The predicted octanol–water partition coefficient (Wildman–Crippen LogP) is 4.11. The lowest BCUT2D eigenvalue weighted by atomic mass is 9.77. The fourth-order valence-electron chi connectivity index (χ4n) is 5.13. The molecule has 0 bridgehead atoms. The lowest BCUT2D eigenvalue weighted by Gasteiger charge is -2.34. The highest BCUT2D eigenvalue weighted by atomic mass is 16.1. The van der Waals surface area contributed by atoms with E-state index >= 15 is 0 Å². The third kappa shape index (κ3) is 3.12. The Bertz CT molecular complexity index is 1250. The first-order chi connectivity index (χ1) is 15.0. The maximum atomic E-state index is 13.8. The van der Waals surface area contributed by atoms with Gasteiger partial charge in [0.2, 0.25) is 0 Å². The predicted molar refractivity (Wildman–Crippen MR) is 119 cm³/mol. The molecule has 1 aliphatic carbocycles. The Morgan fingerprint density at radius 2 is 1.74 bits per heavy atom. The number of nitrogens with zero attached hydrogens (tertiary/aromatic N) is 2. The highest BCUT2D eigenvalue weighted by Gasteiger charge is 2.43. The van der Waals surface area contributed by atoms with Gasteiger partial charge in [0, 0.05) is 61.1 Å². The van der Waals surface area contributed by atoms with Crippen LogP contribution < -0.4 is 0 Å². The molecule has 2 aliphatic rings. The molecule has 31 heavy (non-hydrogen) atoms. The van der Waals surface area contributed by atoms with Gasteiger partial charge in [0.25, 0.3) is 0 Å². The number of hydrogen-bond donors (Lipinski definition) is 0. The summed E-state index contributed by atoms with van der Waals surface area (Å²) in [6.45, 7) is 2.59. The molecule has 5 nitrogen and oxygen atoms in total. The Kier molecular flexibility index (Phi) is 4.62. The molecule has 0 saturated carbocycles. The van der Waals surface area contributed by atoms with Crippen LogP contribution in [0.5, 0.6) is 0 Å². The fourth-order valence-corrected chi connectivity index (χ4v) is 5.13. The summed E-state index contributed by atoms with van der Waals surface area (Å²) < 4.78 is 1.98. The lowest BCUT2D eigenvalue weighted by molar-refractivity contribution is -0.122. The number of Topliss-reactive ketones (excluding diaryl/α,β-unsaturated/α-hetero) is 3. The number of rotatable bonds is 3. The van der Waals surface area contributed by atoms with E-state index in [4.69, 9.17) is 0 Å². The van der Waals surface area contributed by atoms with Crippen LogP contribution in [-0.2, 0) is 11.3 Å². The molecule has 2 atom stereocenters. The van der Waals surface area contributed by atoms with Crippen molar-refractivity contribution in [2.24, 2.45) is 11.8 Å². The topological polar surface area (TPSA) is 59.4 Å². The summed E-state index contributed by atoms with van der Waals surface area (Å²) >= 11 is 0. The molecule has 5 rings (SSSR count). The lowest BCUT2D eigenvalue weighted by Crippen LogP contribution is -2.39. The van der Waals surface area contributed by atoms with Crippen molar-refractivity contribution in [3.63, 3.8) is 0 Å². The zero-order valence-electron chi connectivity index (χ0n) is 17.7. The van der Waals surface area contributed by atoms with Crippen LogP contribution in [0.25, 0.3) is 10.9 Å². The fraction of sp³-hybridized carbons (Fsp3) is 0.269. The molecule has 5 heteroatoms. The summed E-state index contributed by atoms with van der Waals surface area (Å²) in [5.74, 6) is -0.904. The average molecular weight is 412 g/mol. The number of allylic oxidation sites excluding steroid dienone is 1. The maximum Gasteiger partial charge on any atom is 0.193 e. The Hall–Kier alpha value is -3.47. The zero-order chi connectivity index (χ0) is 21.7. The van der Waals surface area contributed by atoms with Gasteiger partial charge in [0.05, 0.1) is 11.3 Å². The number of ketones is 3. The van der Waals surface area contributed by atoms with Gasteiger partial charge in [-0.3, -0.25) is 14.4 Å². The van der Waals surface area contributed by atoms with Gasteiger partial charge in [-0.25, -0.2) is 0 Å². The summed E-state index contributed by atoms with van der Waals surface area (Å²) in [5.41, 5.74) is 3.46. The molecule has 0 radical (unpaired) electrons. The van der Waals surface area contributed by atoms with Crippen LogP contribution in [0.15, 0.2) is 66.4 Å². The first kappa shape index (κ1) is 19.5.